The Hall–Kier alpha value is -1.76. The topological polar surface area (TPSA) is 23.8 Å². The fraction of sp³-hybridized carbons (Fsp3) is 0.654. The number of halogens is 3. The predicted octanol–water partition coefficient (Wildman–Crippen LogP) is 8.11. The summed E-state index contributed by atoms with van der Waals surface area (Å²) in [7, 11) is 0. The molecule has 0 aliphatic heterocycles. The summed E-state index contributed by atoms with van der Waals surface area (Å²) in [6, 6.07) is 7.76. The highest BCUT2D eigenvalue weighted by Gasteiger charge is 2.31. The normalized spacial score (nSPS) is 27.8. The van der Waals surface area contributed by atoms with E-state index in [-0.39, 0.29) is 0 Å². The Balaban J connectivity index is 1.29. The molecule has 0 aromatic heterocycles. The van der Waals surface area contributed by atoms with E-state index in [1.165, 1.54) is 76.3 Å². The summed E-state index contributed by atoms with van der Waals surface area (Å²) in [6.45, 7) is 0. The molecule has 164 valence electrons. The second-order valence-electron chi connectivity index (χ2n) is 9.38. The van der Waals surface area contributed by atoms with E-state index in [2.05, 4.69) is 12.1 Å². The number of benzene rings is 1. The molecule has 0 unspecified atom stereocenters. The third-order valence-electron chi connectivity index (χ3n) is 7.43. The van der Waals surface area contributed by atoms with Gasteiger partial charge in [-0.25, -0.2) is 0 Å². The summed E-state index contributed by atoms with van der Waals surface area (Å²) >= 11 is 0. The number of aryl methyl sites for hydroxylation is 1. The zero-order valence-electron chi connectivity index (χ0n) is 17.8. The minimum Gasteiger partial charge on any atom is -0.193 e. The van der Waals surface area contributed by atoms with Crippen LogP contribution in [0.3, 0.4) is 0 Å². The van der Waals surface area contributed by atoms with Crippen molar-refractivity contribution in [1.29, 1.82) is 5.26 Å². The first kappa shape index (κ1) is 22.9. The molecule has 30 heavy (non-hydrogen) atoms. The maximum Gasteiger partial charge on any atom is 0.416 e. The fourth-order valence-corrected chi connectivity index (χ4v) is 5.56. The molecule has 4 heteroatoms. The molecule has 2 aliphatic carbocycles. The van der Waals surface area contributed by atoms with E-state index in [9.17, 15) is 13.2 Å². The summed E-state index contributed by atoms with van der Waals surface area (Å²) in [5, 5.41) is 8.68. The van der Waals surface area contributed by atoms with Gasteiger partial charge >= 0.3 is 6.18 Å². The molecule has 1 aromatic rings. The van der Waals surface area contributed by atoms with E-state index in [1.54, 1.807) is 18.2 Å². The molecule has 3 rings (SSSR count). The minimum absolute atomic E-state index is 0.560. The molecule has 0 amide bonds. The van der Waals surface area contributed by atoms with Crippen molar-refractivity contribution < 1.29 is 13.2 Å². The Morgan fingerprint density at radius 1 is 0.867 bits per heavy atom. The summed E-state index contributed by atoms with van der Waals surface area (Å²) in [5.74, 6) is 3.23. The minimum atomic E-state index is -4.24. The van der Waals surface area contributed by atoms with Crippen molar-refractivity contribution in [2.45, 2.75) is 83.2 Å². The lowest BCUT2D eigenvalue weighted by Gasteiger charge is -2.37. The lowest BCUT2D eigenvalue weighted by Crippen LogP contribution is -2.25. The van der Waals surface area contributed by atoms with Crippen molar-refractivity contribution in [2.75, 3.05) is 0 Å². The van der Waals surface area contributed by atoms with Crippen LogP contribution < -0.4 is 0 Å². The highest BCUT2D eigenvalue weighted by molar-refractivity contribution is 5.24. The zero-order valence-corrected chi connectivity index (χ0v) is 17.8. The number of alkyl halides is 3. The third-order valence-corrected chi connectivity index (χ3v) is 7.43. The molecular weight excluding hydrogens is 383 g/mol. The maximum absolute atomic E-state index is 12.6. The van der Waals surface area contributed by atoms with Crippen molar-refractivity contribution in [3.8, 4) is 6.07 Å². The Bertz CT molecular complexity index is 697. The highest BCUT2D eigenvalue weighted by atomic mass is 19.4. The van der Waals surface area contributed by atoms with Crippen LogP contribution in [0.25, 0.3) is 0 Å². The average molecular weight is 418 g/mol. The molecule has 2 saturated carbocycles. The average Bonchev–Trinajstić information content (AvgIpc) is 2.76. The van der Waals surface area contributed by atoms with Gasteiger partial charge in [0.15, 0.2) is 0 Å². The van der Waals surface area contributed by atoms with Gasteiger partial charge in [-0.3, -0.25) is 0 Å². The van der Waals surface area contributed by atoms with Crippen molar-refractivity contribution in [3.63, 3.8) is 0 Å². The number of hydrogen-bond acceptors (Lipinski definition) is 1. The van der Waals surface area contributed by atoms with Crippen LogP contribution in [0, 0.1) is 35.0 Å². The zero-order chi connectivity index (χ0) is 21.4. The van der Waals surface area contributed by atoms with Gasteiger partial charge in [0.05, 0.1) is 11.6 Å². The number of allylic oxidation sites excluding steroid dienone is 2. The number of nitriles is 1. The van der Waals surface area contributed by atoms with Crippen molar-refractivity contribution in [1.82, 2.24) is 0 Å². The summed E-state index contributed by atoms with van der Waals surface area (Å²) in [4.78, 5) is 0. The van der Waals surface area contributed by atoms with Crippen LogP contribution in [0.2, 0.25) is 0 Å². The van der Waals surface area contributed by atoms with Gasteiger partial charge in [-0.15, -0.1) is 0 Å². The van der Waals surface area contributed by atoms with Gasteiger partial charge in [-0.05, 0) is 92.7 Å². The van der Waals surface area contributed by atoms with Gasteiger partial charge in [0, 0.05) is 6.08 Å². The van der Waals surface area contributed by atoms with E-state index in [0.717, 1.165) is 36.2 Å². The van der Waals surface area contributed by atoms with Gasteiger partial charge in [0.2, 0.25) is 0 Å². The number of nitrogens with zero attached hydrogens (tertiary/aromatic N) is 1. The van der Waals surface area contributed by atoms with Crippen molar-refractivity contribution in [2.24, 2.45) is 23.7 Å². The van der Waals surface area contributed by atoms with E-state index >= 15 is 0 Å². The fourth-order valence-electron chi connectivity index (χ4n) is 5.56. The summed E-state index contributed by atoms with van der Waals surface area (Å²) in [6.07, 6.45) is 14.4. The Morgan fingerprint density at radius 2 is 1.47 bits per heavy atom. The number of rotatable bonds is 7. The predicted molar refractivity (Wildman–Crippen MR) is 115 cm³/mol. The molecule has 0 saturated heterocycles. The highest BCUT2D eigenvalue weighted by Crippen LogP contribution is 2.42. The molecule has 1 nitrogen and oxygen atoms in total. The molecule has 0 heterocycles. The molecule has 1 aromatic carbocycles. The molecule has 0 atom stereocenters. The quantitative estimate of drug-likeness (QED) is 0.325. The molecular formula is C26H34F3N. The lowest BCUT2D eigenvalue weighted by atomic mass is 9.68. The van der Waals surface area contributed by atoms with Crippen molar-refractivity contribution >= 4 is 0 Å². The summed E-state index contributed by atoms with van der Waals surface area (Å²) < 4.78 is 37.9. The van der Waals surface area contributed by atoms with Crippen LogP contribution in [-0.4, -0.2) is 0 Å². The first-order valence-corrected chi connectivity index (χ1v) is 11.7. The van der Waals surface area contributed by atoms with Gasteiger partial charge < -0.3 is 0 Å². The van der Waals surface area contributed by atoms with Crippen LogP contribution in [0.1, 0.15) is 81.8 Å². The van der Waals surface area contributed by atoms with Gasteiger partial charge in [-0.2, -0.15) is 18.4 Å². The molecule has 2 fully saturated rings. The van der Waals surface area contributed by atoms with E-state index in [0.29, 0.717) is 5.92 Å². The van der Waals surface area contributed by atoms with Gasteiger partial charge in [-0.1, -0.05) is 43.9 Å². The Morgan fingerprint density at radius 3 is 2.03 bits per heavy atom. The molecule has 0 spiro atoms. The third kappa shape index (κ3) is 6.89. The SMILES string of the molecule is N#C/C=C/C1CCC(C2CCC(CCCCc3ccc(C(F)(F)F)cc3)CC2)CC1. The van der Waals surface area contributed by atoms with Gasteiger partial charge in [0.25, 0.3) is 0 Å². The molecule has 0 bridgehead atoms. The van der Waals surface area contributed by atoms with E-state index in [1.807, 2.05) is 0 Å². The number of unbranched alkanes of at least 4 members (excludes halogenated alkanes) is 1. The maximum atomic E-state index is 12.6. The van der Waals surface area contributed by atoms with Crippen LogP contribution in [0.5, 0.6) is 0 Å². The lowest BCUT2D eigenvalue weighted by molar-refractivity contribution is -0.137. The molecule has 0 radical (unpaired) electrons. The molecule has 0 N–H and O–H groups in total. The van der Waals surface area contributed by atoms with E-state index < -0.39 is 11.7 Å². The second-order valence-corrected chi connectivity index (χ2v) is 9.38. The largest absolute Gasteiger partial charge is 0.416 e. The monoisotopic (exact) mass is 417 g/mol. The van der Waals surface area contributed by atoms with Gasteiger partial charge in [0.1, 0.15) is 0 Å². The number of hydrogen-bond donors (Lipinski definition) is 0. The standard InChI is InChI=1S/C26H34F3N/c27-26(28,29)25-17-11-21(12-18-25)5-2-1-4-20-7-13-23(14-8-20)24-15-9-22(10-16-24)6-3-19-30/h3,6,11-12,17-18,20,22-24H,1-2,4-5,7-10,13-16H2/b6-3+. The smallest absolute Gasteiger partial charge is 0.193 e. The summed E-state index contributed by atoms with van der Waals surface area (Å²) in [5.41, 5.74) is 0.446. The second kappa shape index (κ2) is 11.0. The Labute approximate surface area is 179 Å². The van der Waals surface area contributed by atoms with Crippen LogP contribution in [0.4, 0.5) is 13.2 Å². The van der Waals surface area contributed by atoms with Crippen LogP contribution >= 0.6 is 0 Å². The van der Waals surface area contributed by atoms with Crippen LogP contribution in [-0.2, 0) is 12.6 Å². The molecule has 2 aliphatic rings. The van der Waals surface area contributed by atoms with Crippen LogP contribution in [0.15, 0.2) is 36.4 Å². The first-order valence-electron chi connectivity index (χ1n) is 11.7. The van der Waals surface area contributed by atoms with Crippen molar-refractivity contribution in [3.05, 3.63) is 47.5 Å². The van der Waals surface area contributed by atoms with E-state index in [4.69, 9.17) is 5.26 Å². The Kier molecular flexibility index (Phi) is 8.42. The first-order chi connectivity index (χ1) is 14.5.